The van der Waals surface area contributed by atoms with Crippen molar-refractivity contribution in [1.82, 2.24) is 10.3 Å². The number of benzene rings is 2. The van der Waals surface area contributed by atoms with Gasteiger partial charge < -0.3 is 13.6 Å². The standard InChI is InChI=1S/C22H16N2O5/c1-12-19(23-21(27-12)14-5-3-2-4-6-14)17-11-15-9-13(7-8-16(15)28-17)10-18-20(25)24-22(26)29-18/h2-9,11,18H,10H2,1H3,(H,24,25,26). The average Bonchev–Trinajstić information content (AvgIpc) is 3.39. The van der Waals surface area contributed by atoms with Crippen molar-refractivity contribution in [2.75, 3.05) is 0 Å². The number of alkyl carbamates (subject to hydrolysis) is 1. The number of hydrogen-bond acceptors (Lipinski definition) is 6. The van der Waals surface area contributed by atoms with Crippen molar-refractivity contribution in [1.29, 1.82) is 0 Å². The van der Waals surface area contributed by atoms with Crippen LogP contribution in [0.3, 0.4) is 0 Å². The summed E-state index contributed by atoms with van der Waals surface area (Å²) in [5.74, 6) is 1.38. The lowest BCUT2D eigenvalue weighted by Gasteiger charge is -2.05. The lowest BCUT2D eigenvalue weighted by atomic mass is 10.1. The fourth-order valence-corrected chi connectivity index (χ4v) is 3.41. The van der Waals surface area contributed by atoms with E-state index in [1.54, 1.807) is 0 Å². The van der Waals surface area contributed by atoms with Gasteiger partial charge in [-0.3, -0.25) is 10.1 Å². The van der Waals surface area contributed by atoms with Crippen molar-refractivity contribution in [3.8, 4) is 22.9 Å². The predicted molar refractivity (Wildman–Crippen MR) is 104 cm³/mol. The molecule has 29 heavy (non-hydrogen) atoms. The van der Waals surface area contributed by atoms with Crippen LogP contribution in [0.1, 0.15) is 11.3 Å². The molecule has 1 aliphatic heterocycles. The minimum Gasteiger partial charge on any atom is -0.454 e. The molecule has 5 rings (SSSR count). The number of furan rings is 1. The maximum atomic E-state index is 11.7. The summed E-state index contributed by atoms with van der Waals surface area (Å²) < 4.78 is 16.8. The second kappa shape index (κ2) is 6.63. The van der Waals surface area contributed by atoms with E-state index in [0.717, 1.165) is 16.5 Å². The van der Waals surface area contributed by atoms with Crippen molar-refractivity contribution in [2.24, 2.45) is 0 Å². The molecule has 4 aromatic rings. The van der Waals surface area contributed by atoms with Gasteiger partial charge in [-0.05, 0) is 42.8 Å². The average molecular weight is 388 g/mol. The smallest absolute Gasteiger partial charge is 0.414 e. The molecule has 0 aliphatic carbocycles. The highest BCUT2D eigenvalue weighted by molar-refractivity contribution is 6.00. The number of hydrogen-bond donors (Lipinski definition) is 1. The number of oxazole rings is 1. The highest BCUT2D eigenvalue weighted by Gasteiger charge is 2.32. The minimum absolute atomic E-state index is 0.301. The van der Waals surface area contributed by atoms with Crippen molar-refractivity contribution < 1.29 is 23.2 Å². The Morgan fingerprint density at radius 2 is 1.86 bits per heavy atom. The van der Waals surface area contributed by atoms with Gasteiger partial charge in [-0.1, -0.05) is 24.3 Å². The monoisotopic (exact) mass is 388 g/mol. The molecule has 1 atom stereocenters. The normalized spacial score (nSPS) is 16.2. The SMILES string of the molecule is Cc1oc(-c2ccccc2)nc1-c1cc2cc(CC3OC(=O)NC3=O)ccc2o1. The van der Waals surface area contributed by atoms with Gasteiger partial charge in [0.05, 0.1) is 0 Å². The molecular formula is C22H16N2O5. The Balaban J connectivity index is 1.45. The summed E-state index contributed by atoms with van der Waals surface area (Å²) in [5, 5.41) is 3.00. The Labute approximate surface area is 165 Å². The first-order valence-electron chi connectivity index (χ1n) is 9.14. The zero-order valence-electron chi connectivity index (χ0n) is 15.5. The molecule has 7 heteroatoms. The Hall–Kier alpha value is -3.87. The maximum absolute atomic E-state index is 11.7. The fraction of sp³-hybridized carbons (Fsp3) is 0.136. The Bertz CT molecular complexity index is 1240. The minimum atomic E-state index is -0.808. The molecule has 0 saturated carbocycles. The van der Waals surface area contributed by atoms with Crippen LogP contribution >= 0.6 is 0 Å². The van der Waals surface area contributed by atoms with E-state index in [2.05, 4.69) is 10.3 Å². The molecule has 2 aromatic heterocycles. The Morgan fingerprint density at radius 3 is 2.62 bits per heavy atom. The molecule has 2 amide bonds. The highest BCUT2D eigenvalue weighted by Crippen LogP contribution is 2.33. The fourth-order valence-electron chi connectivity index (χ4n) is 3.41. The molecular weight excluding hydrogens is 372 g/mol. The highest BCUT2D eigenvalue weighted by atomic mass is 16.6. The molecule has 144 valence electrons. The number of aromatic nitrogens is 1. The summed E-state index contributed by atoms with van der Waals surface area (Å²) in [6.07, 6.45) is -1.21. The van der Waals surface area contributed by atoms with Gasteiger partial charge in [-0.15, -0.1) is 0 Å². The molecule has 1 aliphatic rings. The predicted octanol–water partition coefficient (Wildman–Crippen LogP) is 4.24. The number of nitrogens with one attached hydrogen (secondary N) is 1. The number of rotatable bonds is 4. The van der Waals surface area contributed by atoms with Crippen LogP contribution in [0.2, 0.25) is 0 Å². The molecule has 1 fully saturated rings. The van der Waals surface area contributed by atoms with Gasteiger partial charge >= 0.3 is 6.09 Å². The Morgan fingerprint density at radius 1 is 1.03 bits per heavy atom. The van der Waals surface area contributed by atoms with Crippen LogP contribution in [0.15, 0.2) is 63.4 Å². The summed E-state index contributed by atoms with van der Waals surface area (Å²) in [5.41, 5.74) is 3.09. The van der Waals surface area contributed by atoms with E-state index in [9.17, 15) is 9.59 Å². The molecule has 0 radical (unpaired) electrons. The lowest BCUT2D eigenvalue weighted by molar-refractivity contribution is -0.123. The third kappa shape index (κ3) is 3.16. The molecule has 1 unspecified atom stereocenters. The number of cyclic esters (lactones) is 1. The van der Waals surface area contributed by atoms with Gasteiger partial charge in [0.15, 0.2) is 11.9 Å². The van der Waals surface area contributed by atoms with Gasteiger partial charge in [0, 0.05) is 17.4 Å². The van der Waals surface area contributed by atoms with Crippen molar-refractivity contribution in [2.45, 2.75) is 19.4 Å². The van der Waals surface area contributed by atoms with Crippen molar-refractivity contribution >= 4 is 23.0 Å². The Kier molecular flexibility index (Phi) is 3.94. The first-order valence-corrected chi connectivity index (χ1v) is 9.14. The van der Waals surface area contributed by atoms with Crippen LogP contribution < -0.4 is 5.32 Å². The van der Waals surface area contributed by atoms with E-state index >= 15 is 0 Å². The van der Waals surface area contributed by atoms with Gasteiger partial charge in [-0.2, -0.15) is 0 Å². The van der Waals surface area contributed by atoms with E-state index in [4.69, 9.17) is 13.6 Å². The summed E-state index contributed by atoms with van der Waals surface area (Å²) in [7, 11) is 0. The number of nitrogens with zero attached hydrogens (tertiary/aromatic N) is 1. The zero-order valence-corrected chi connectivity index (χ0v) is 15.5. The molecule has 0 bridgehead atoms. The summed E-state index contributed by atoms with van der Waals surface area (Å²) in [6, 6.07) is 17.1. The first-order chi connectivity index (χ1) is 14.1. The molecule has 2 aromatic carbocycles. The van der Waals surface area contributed by atoms with Gasteiger partial charge in [0.2, 0.25) is 5.89 Å². The second-order valence-electron chi connectivity index (χ2n) is 6.86. The maximum Gasteiger partial charge on any atom is 0.414 e. The number of amides is 2. The molecule has 1 saturated heterocycles. The van der Waals surface area contributed by atoms with E-state index in [-0.39, 0.29) is 0 Å². The molecule has 0 spiro atoms. The number of aryl methyl sites for hydroxylation is 1. The third-order valence-electron chi connectivity index (χ3n) is 4.82. The van der Waals surface area contributed by atoms with E-state index in [1.807, 2.05) is 61.5 Å². The van der Waals surface area contributed by atoms with Crippen molar-refractivity contribution in [3.63, 3.8) is 0 Å². The molecule has 3 heterocycles. The zero-order chi connectivity index (χ0) is 20.0. The summed E-state index contributed by atoms with van der Waals surface area (Å²) in [6.45, 7) is 1.85. The van der Waals surface area contributed by atoms with E-state index < -0.39 is 18.1 Å². The topological polar surface area (TPSA) is 94.6 Å². The van der Waals surface area contributed by atoms with Gasteiger partial charge in [0.25, 0.3) is 5.91 Å². The first kappa shape index (κ1) is 17.2. The number of imide groups is 1. The van der Waals surface area contributed by atoms with Gasteiger partial charge in [-0.25, -0.2) is 9.78 Å². The van der Waals surface area contributed by atoms with Crippen LogP contribution in [0, 0.1) is 6.92 Å². The lowest BCUT2D eigenvalue weighted by Crippen LogP contribution is -2.25. The van der Waals surface area contributed by atoms with E-state index in [0.29, 0.717) is 35.1 Å². The van der Waals surface area contributed by atoms with E-state index in [1.165, 1.54) is 0 Å². The van der Waals surface area contributed by atoms with Crippen LogP contribution in [0.5, 0.6) is 0 Å². The number of carbonyl (C=O) groups is 2. The van der Waals surface area contributed by atoms with Crippen LogP contribution in [-0.2, 0) is 16.0 Å². The van der Waals surface area contributed by atoms with Crippen LogP contribution in [0.25, 0.3) is 33.9 Å². The molecule has 7 nitrogen and oxygen atoms in total. The largest absolute Gasteiger partial charge is 0.454 e. The quantitative estimate of drug-likeness (QED) is 0.562. The second-order valence-corrected chi connectivity index (χ2v) is 6.86. The number of carbonyl (C=O) groups excluding carboxylic acids is 2. The van der Waals surface area contributed by atoms with Gasteiger partial charge in [0.1, 0.15) is 17.0 Å². The molecule has 1 N–H and O–H groups in total. The number of ether oxygens (including phenoxy) is 1. The third-order valence-corrected chi connectivity index (χ3v) is 4.82. The summed E-state index contributed by atoms with van der Waals surface area (Å²) in [4.78, 5) is 27.5. The van der Waals surface area contributed by atoms with Crippen molar-refractivity contribution in [3.05, 3.63) is 65.9 Å². The van der Waals surface area contributed by atoms with Crippen LogP contribution in [-0.4, -0.2) is 23.1 Å². The summed E-state index contributed by atoms with van der Waals surface area (Å²) >= 11 is 0. The number of fused-ring (bicyclic) bond motifs is 1. The van der Waals surface area contributed by atoms with Crippen LogP contribution in [0.4, 0.5) is 4.79 Å².